The van der Waals surface area contributed by atoms with Gasteiger partial charge in [-0.25, -0.2) is 4.98 Å². The van der Waals surface area contributed by atoms with Crippen LogP contribution in [0.3, 0.4) is 0 Å². The molecule has 0 radical (unpaired) electrons. The molecule has 2 aromatic carbocycles. The summed E-state index contributed by atoms with van der Waals surface area (Å²) >= 11 is 0. The first-order valence-corrected chi connectivity index (χ1v) is 8.05. The van der Waals surface area contributed by atoms with E-state index in [0.29, 0.717) is 0 Å². The van der Waals surface area contributed by atoms with Crippen LogP contribution in [0.5, 0.6) is 0 Å². The maximum atomic E-state index is 5.31. The average Bonchev–Trinajstić information content (AvgIpc) is 3.13. The molecule has 2 aromatic heterocycles. The van der Waals surface area contributed by atoms with Gasteiger partial charge in [0.1, 0.15) is 5.76 Å². The highest BCUT2D eigenvalue weighted by atomic mass is 16.5. The van der Waals surface area contributed by atoms with Gasteiger partial charge in [0.05, 0.1) is 23.1 Å². The van der Waals surface area contributed by atoms with Gasteiger partial charge in [-0.15, -0.1) is 0 Å². The Morgan fingerprint density at radius 1 is 1.00 bits per heavy atom. The highest BCUT2D eigenvalue weighted by molar-refractivity contribution is 5.83. The van der Waals surface area contributed by atoms with Gasteiger partial charge in [-0.3, -0.25) is 0 Å². The van der Waals surface area contributed by atoms with Crippen LogP contribution in [0.15, 0.2) is 53.3 Å². The molecule has 0 unspecified atom stereocenters. The topological polar surface area (TPSA) is 43.9 Å². The van der Waals surface area contributed by atoms with Gasteiger partial charge in [-0.05, 0) is 44.0 Å². The number of aromatic nitrogens is 3. The molecule has 4 rings (SSSR count). The van der Waals surface area contributed by atoms with Crippen molar-refractivity contribution >= 4 is 11.0 Å². The van der Waals surface area contributed by atoms with Crippen LogP contribution in [-0.2, 0) is 6.54 Å². The van der Waals surface area contributed by atoms with Crippen LogP contribution >= 0.6 is 0 Å². The van der Waals surface area contributed by atoms with E-state index in [2.05, 4.69) is 64.1 Å². The maximum Gasteiger partial charge on any atom is 0.141 e. The third kappa shape index (κ3) is 2.50. The van der Waals surface area contributed by atoms with Gasteiger partial charge in [-0.1, -0.05) is 41.1 Å². The number of fused-ring (bicyclic) bond motifs is 1. The molecule has 0 bridgehead atoms. The summed E-state index contributed by atoms with van der Waals surface area (Å²) in [5.74, 6) is 0.844. The summed E-state index contributed by atoms with van der Waals surface area (Å²) < 4.78 is 7.49. The fraction of sp³-hybridized carbons (Fsp3) is 0.200. The number of aryl methyl sites for hydroxylation is 3. The fourth-order valence-corrected chi connectivity index (χ4v) is 3.12. The molecule has 0 saturated carbocycles. The third-order valence-electron chi connectivity index (χ3n) is 4.42. The molecule has 0 atom stereocenters. The normalized spacial score (nSPS) is 11.3. The quantitative estimate of drug-likeness (QED) is 0.552. The third-order valence-corrected chi connectivity index (χ3v) is 4.42. The molecule has 0 aliphatic rings. The number of imidazole rings is 1. The van der Waals surface area contributed by atoms with Crippen LogP contribution in [0.4, 0.5) is 0 Å². The Labute approximate surface area is 140 Å². The molecule has 0 amide bonds. The molecule has 0 aliphatic carbocycles. The second-order valence-corrected chi connectivity index (χ2v) is 6.26. The minimum atomic E-state index is 0.807. The van der Waals surface area contributed by atoms with Crippen molar-refractivity contribution in [2.75, 3.05) is 0 Å². The number of hydrogen-bond donors (Lipinski definition) is 0. The molecule has 4 heteroatoms. The minimum Gasteiger partial charge on any atom is -0.361 e. The Balaban J connectivity index is 1.77. The second kappa shape index (κ2) is 5.64. The van der Waals surface area contributed by atoms with Crippen LogP contribution in [0.1, 0.15) is 22.6 Å². The lowest BCUT2D eigenvalue weighted by molar-refractivity contribution is 0.393. The average molecular weight is 317 g/mol. The smallest absolute Gasteiger partial charge is 0.141 e. The molecule has 4 nitrogen and oxygen atoms in total. The van der Waals surface area contributed by atoms with Gasteiger partial charge in [0.2, 0.25) is 0 Å². The van der Waals surface area contributed by atoms with Crippen molar-refractivity contribution in [3.8, 4) is 11.1 Å². The van der Waals surface area contributed by atoms with E-state index in [1.807, 2.05) is 20.2 Å². The van der Waals surface area contributed by atoms with Crippen LogP contribution in [0, 0.1) is 20.8 Å². The monoisotopic (exact) mass is 317 g/mol. The predicted molar refractivity (Wildman–Crippen MR) is 95.0 cm³/mol. The van der Waals surface area contributed by atoms with Crippen molar-refractivity contribution in [3.05, 3.63) is 71.4 Å². The molecular formula is C20H19N3O. The summed E-state index contributed by atoms with van der Waals surface area (Å²) in [7, 11) is 0. The molecule has 24 heavy (non-hydrogen) atoms. The molecule has 2 heterocycles. The zero-order chi connectivity index (χ0) is 16.7. The molecule has 0 spiro atoms. The Morgan fingerprint density at radius 3 is 2.50 bits per heavy atom. The Bertz CT molecular complexity index is 990. The minimum absolute atomic E-state index is 0.807. The molecule has 4 aromatic rings. The fourth-order valence-electron chi connectivity index (χ4n) is 3.12. The first kappa shape index (κ1) is 14.7. The van der Waals surface area contributed by atoms with Crippen LogP contribution in [-0.4, -0.2) is 14.7 Å². The first-order chi connectivity index (χ1) is 11.6. The van der Waals surface area contributed by atoms with Gasteiger partial charge in [0, 0.05) is 12.1 Å². The van der Waals surface area contributed by atoms with E-state index in [1.54, 1.807) is 0 Å². The summed E-state index contributed by atoms with van der Waals surface area (Å²) in [6.45, 7) is 6.83. The van der Waals surface area contributed by atoms with Gasteiger partial charge < -0.3 is 9.09 Å². The summed E-state index contributed by atoms with van der Waals surface area (Å²) in [6.07, 6.45) is 1.90. The van der Waals surface area contributed by atoms with E-state index < -0.39 is 0 Å². The number of hydrogen-bond acceptors (Lipinski definition) is 3. The van der Waals surface area contributed by atoms with Crippen molar-refractivity contribution < 1.29 is 4.52 Å². The first-order valence-electron chi connectivity index (χ1n) is 8.05. The van der Waals surface area contributed by atoms with E-state index in [0.717, 1.165) is 40.2 Å². The van der Waals surface area contributed by atoms with Crippen molar-refractivity contribution in [1.29, 1.82) is 0 Å². The Kier molecular flexibility index (Phi) is 3.45. The number of rotatable bonds is 3. The van der Waals surface area contributed by atoms with Gasteiger partial charge in [-0.2, -0.15) is 0 Å². The zero-order valence-corrected chi connectivity index (χ0v) is 14.1. The Morgan fingerprint density at radius 2 is 1.79 bits per heavy atom. The predicted octanol–water partition coefficient (Wildman–Crippen LogP) is 4.66. The van der Waals surface area contributed by atoms with Crippen molar-refractivity contribution in [1.82, 2.24) is 14.7 Å². The van der Waals surface area contributed by atoms with Crippen LogP contribution in [0.25, 0.3) is 22.2 Å². The summed E-state index contributed by atoms with van der Waals surface area (Å²) in [6, 6.07) is 14.9. The summed E-state index contributed by atoms with van der Waals surface area (Å²) in [5, 5.41) is 4.06. The highest BCUT2D eigenvalue weighted by Gasteiger charge is 2.13. The van der Waals surface area contributed by atoms with Crippen LogP contribution < -0.4 is 0 Å². The largest absolute Gasteiger partial charge is 0.361 e. The molecule has 0 N–H and O–H groups in total. The van der Waals surface area contributed by atoms with Gasteiger partial charge in [0.25, 0.3) is 0 Å². The van der Waals surface area contributed by atoms with E-state index in [9.17, 15) is 0 Å². The van der Waals surface area contributed by atoms with Crippen molar-refractivity contribution in [2.45, 2.75) is 27.3 Å². The number of nitrogens with zero attached hydrogens (tertiary/aromatic N) is 3. The van der Waals surface area contributed by atoms with Crippen molar-refractivity contribution in [2.24, 2.45) is 0 Å². The molecular weight excluding hydrogens is 298 g/mol. The lowest BCUT2D eigenvalue weighted by Crippen LogP contribution is -1.98. The van der Waals surface area contributed by atoms with E-state index >= 15 is 0 Å². The maximum absolute atomic E-state index is 5.31. The lowest BCUT2D eigenvalue weighted by atomic mass is 10.0. The molecule has 120 valence electrons. The Hall–Kier alpha value is -2.88. The summed E-state index contributed by atoms with van der Waals surface area (Å²) in [4.78, 5) is 4.52. The standard InChI is InChI=1S/C20H19N3O/c1-13-4-6-16(7-5-13)11-23-12-21-18-9-8-17(10-19(18)23)20-14(2)22-24-15(20)3/h4-10,12H,11H2,1-3H3. The van der Waals surface area contributed by atoms with Crippen LogP contribution in [0.2, 0.25) is 0 Å². The van der Waals surface area contributed by atoms with Gasteiger partial charge in [0.15, 0.2) is 0 Å². The molecule has 0 fully saturated rings. The highest BCUT2D eigenvalue weighted by Crippen LogP contribution is 2.29. The van der Waals surface area contributed by atoms with E-state index in [4.69, 9.17) is 4.52 Å². The SMILES string of the molecule is Cc1ccc(Cn2cnc3ccc(-c4c(C)noc4C)cc32)cc1. The van der Waals surface area contributed by atoms with Gasteiger partial charge >= 0.3 is 0 Å². The van der Waals surface area contributed by atoms with E-state index in [1.165, 1.54) is 11.1 Å². The number of benzene rings is 2. The lowest BCUT2D eigenvalue weighted by Gasteiger charge is -2.07. The second-order valence-electron chi connectivity index (χ2n) is 6.26. The zero-order valence-electron chi connectivity index (χ0n) is 14.1. The molecule has 0 aliphatic heterocycles. The molecule has 0 saturated heterocycles. The summed E-state index contributed by atoms with van der Waals surface area (Å²) in [5.41, 5.74) is 7.75. The van der Waals surface area contributed by atoms with E-state index in [-0.39, 0.29) is 0 Å². The van der Waals surface area contributed by atoms with Crippen molar-refractivity contribution in [3.63, 3.8) is 0 Å².